The Morgan fingerprint density at radius 1 is 0.962 bits per heavy atom. The number of hydrogen-bond donors (Lipinski definition) is 3. The van der Waals surface area contributed by atoms with E-state index < -0.39 is 5.41 Å². The molecule has 2 rings (SSSR count). The number of rotatable bonds is 8. The molecule has 0 spiro atoms. The molecule has 4 N–H and O–H groups in total. The van der Waals surface area contributed by atoms with Crippen molar-refractivity contribution in [1.82, 2.24) is 5.43 Å². The molecule has 0 saturated carbocycles. The van der Waals surface area contributed by atoms with Crippen LogP contribution in [0.25, 0.3) is 0 Å². The summed E-state index contributed by atoms with van der Waals surface area (Å²) in [5.41, 5.74) is 5.34. The van der Waals surface area contributed by atoms with E-state index in [-0.39, 0.29) is 11.3 Å². The average molecular weight is 354 g/mol. The minimum absolute atomic E-state index is 0.0397. The molecule has 0 aliphatic carbocycles. The predicted molar refractivity (Wildman–Crippen MR) is 109 cm³/mol. The summed E-state index contributed by atoms with van der Waals surface area (Å²) in [6, 6.07) is 18.3. The third kappa shape index (κ3) is 5.41. The molecule has 0 aliphatic heterocycles. The van der Waals surface area contributed by atoms with Crippen LogP contribution >= 0.6 is 0 Å². The third-order valence-electron chi connectivity index (χ3n) is 4.82. The molecule has 0 atom stereocenters. The molecule has 0 radical (unpaired) electrons. The van der Waals surface area contributed by atoms with Crippen molar-refractivity contribution in [3.05, 3.63) is 65.7 Å². The molecule has 2 aromatic carbocycles. The summed E-state index contributed by atoms with van der Waals surface area (Å²) in [5.74, 6) is 5.35. The van der Waals surface area contributed by atoms with Gasteiger partial charge < -0.3 is 5.32 Å². The van der Waals surface area contributed by atoms with Crippen molar-refractivity contribution in [3.63, 3.8) is 0 Å². The zero-order valence-corrected chi connectivity index (χ0v) is 16.3. The fraction of sp³-hybridized carbons (Fsp3) is 0.409. The molecule has 0 heterocycles. The van der Waals surface area contributed by atoms with E-state index in [9.17, 15) is 4.79 Å². The maximum atomic E-state index is 12.9. The topological polar surface area (TPSA) is 67.2 Å². The summed E-state index contributed by atoms with van der Waals surface area (Å²) in [6.45, 7) is 9.13. The SMILES string of the molecule is CC(C)(CC(C)(C)c1ccccc1)C(=O)Nc1ccc(CCNN)cc1. The Bertz CT molecular complexity index is 706. The van der Waals surface area contributed by atoms with E-state index in [2.05, 4.69) is 36.7 Å². The Hall–Kier alpha value is -2.17. The molecular weight excluding hydrogens is 322 g/mol. The first-order valence-electron chi connectivity index (χ1n) is 9.14. The van der Waals surface area contributed by atoms with Gasteiger partial charge in [0.2, 0.25) is 5.91 Å². The monoisotopic (exact) mass is 353 g/mol. The third-order valence-corrected chi connectivity index (χ3v) is 4.82. The van der Waals surface area contributed by atoms with E-state index in [0.29, 0.717) is 0 Å². The van der Waals surface area contributed by atoms with Crippen LogP contribution in [0.4, 0.5) is 5.69 Å². The van der Waals surface area contributed by atoms with E-state index in [0.717, 1.165) is 25.1 Å². The summed E-state index contributed by atoms with van der Waals surface area (Å²) in [5, 5.41) is 3.06. The van der Waals surface area contributed by atoms with Gasteiger partial charge in [-0.15, -0.1) is 0 Å². The van der Waals surface area contributed by atoms with Crippen molar-refractivity contribution >= 4 is 11.6 Å². The molecule has 0 unspecified atom stereocenters. The normalized spacial score (nSPS) is 12.0. The Labute approximate surface area is 157 Å². The molecule has 1 amide bonds. The Balaban J connectivity index is 2.03. The van der Waals surface area contributed by atoms with Crippen LogP contribution in [0, 0.1) is 5.41 Å². The second-order valence-corrected chi connectivity index (χ2v) is 8.17. The van der Waals surface area contributed by atoms with Crippen LogP contribution < -0.4 is 16.6 Å². The number of carbonyl (C=O) groups is 1. The number of hydrazine groups is 1. The smallest absolute Gasteiger partial charge is 0.230 e. The van der Waals surface area contributed by atoms with E-state index in [1.165, 1.54) is 11.1 Å². The molecule has 0 fully saturated rings. The predicted octanol–water partition coefficient (Wildman–Crippen LogP) is 4.03. The van der Waals surface area contributed by atoms with Crippen LogP contribution in [0.2, 0.25) is 0 Å². The lowest BCUT2D eigenvalue weighted by molar-refractivity contribution is -0.124. The van der Waals surface area contributed by atoms with Crippen LogP contribution in [0.15, 0.2) is 54.6 Å². The maximum absolute atomic E-state index is 12.9. The van der Waals surface area contributed by atoms with E-state index in [4.69, 9.17) is 5.84 Å². The number of benzene rings is 2. The minimum atomic E-state index is -0.485. The summed E-state index contributed by atoms with van der Waals surface area (Å²) in [7, 11) is 0. The standard InChI is InChI=1S/C22H31N3O/c1-21(2,18-8-6-5-7-9-18)16-22(3,4)20(26)25-19-12-10-17(11-13-19)14-15-24-23/h5-13,24H,14-16,23H2,1-4H3,(H,25,26). The first-order chi connectivity index (χ1) is 12.2. The summed E-state index contributed by atoms with van der Waals surface area (Å²) < 4.78 is 0. The van der Waals surface area contributed by atoms with Gasteiger partial charge in [0, 0.05) is 17.6 Å². The first-order valence-corrected chi connectivity index (χ1v) is 9.14. The number of nitrogens with one attached hydrogen (secondary N) is 2. The molecule has 26 heavy (non-hydrogen) atoms. The van der Waals surface area contributed by atoms with Gasteiger partial charge in [-0.3, -0.25) is 16.1 Å². The maximum Gasteiger partial charge on any atom is 0.230 e. The number of hydrogen-bond acceptors (Lipinski definition) is 3. The highest BCUT2D eigenvalue weighted by Crippen LogP contribution is 2.37. The lowest BCUT2D eigenvalue weighted by Gasteiger charge is -2.34. The van der Waals surface area contributed by atoms with Gasteiger partial charge in [0.25, 0.3) is 0 Å². The molecular formula is C22H31N3O. The minimum Gasteiger partial charge on any atom is -0.326 e. The highest BCUT2D eigenvalue weighted by Gasteiger charge is 2.35. The van der Waals surface area contributed by atoms with Crippen molar-refractivity contribution in [3.8, 4) is 0 Å². The van der Waals surface area contributed by atoms with Crippen LogP contribution in [0.1, 0.15) is 45.2 Å². The summed E-state index contributed by atoms with van der Waals surface area (Å²) in [4.78, 5) is 12.9. The highest BCUT2D eigenvalue weighted by molar-refractivity contribution is 5.94. The quantitative estimate of drug-likeness (QED) is 0.496. The molecule has 2 aromatic rings. The van der Waals surface area contributed by atoms with Crippen LogP contribution in [-0.2, 0) is 16.6 Å². The Morgan fingerprint density at radius 3 is 2.15 bits per heavy atom. The van der Waals surface area contributed by atoms with Gasteiger partial charge in [-0.1, -0.05) is 70.2 Å². The number of nitrogens with two attached hydrogens (primary N) is 1. The van der Waals surface area contributed by atoms with E-state index >= 15 is 0 Å². The first kappa shape index (κ1) is 20.1. The number of amides is 1. The summed E-state index contributed by atoms with van der Waals surface area (Å²) >= 11 is 0. The zero-order chi connectivity index (χ0) is 19.2. The van der Waals surface area contributed by atoms with Gasteiger partial charge in [-0.05, 0) is 41.5 Å². The van der Waals surface area contributed by atoms with Gasteiger partial charge in [0.15, 0.2) is 0 Å². The molecule has 0 aliphatic rings. The van der Waals surface area contributed by atoms with Gasteiger partial charge in [0.1, 0.15) is 0 Å². The Morgan fingerprint density at radius 2 is 1.58 bits per heavy atom. The largest absolute Gasteiger partial charge is 0.326 e. The van der Waals surface area contributed by atoms with Crippen LogP contribution in [-0.4, -0.2) is 12.5 Å². The van der Waals surface area contributed by atoms with Crippen molar-refractivity contribution < 1.29 is 4.79 Å². The molecule has 0 saturated heterocycles. The molecule has 0 aromatic heterocycles. The lowest BCUT2D eigenvalue weighted by Crippen LogP contribution is -2.36. The van der Waals surface area contributed by atoms with E-state index in [1.807, 2.05) is 56.3 Å². The van der Waals surface area contributed by atoms with Gasteiger partial charge in [-0.2, -0.15) is 0 Å². The summed E-state index contributed by atoms with van der Waals surface area (Å²) in [6.07, 6.45) is 1.62. The fourth-order valence-electron chi connectivity index (χ4n) is 3.45. The highest BCUT2D eigenvalue weighted by atomic mass is 16.2. The van der Waals surface area contributed by atoms with Crippen LogP contribution in [0.5, 0.6) is 0 Å². The number of anilines is 1. The Kier molecular flexibility index (Phi) is 6.57. The molecule has 0 bridgehead atoms. The van der Waals surface area contributed by atoms with Gasteiger partial charge in [-0.25, -0.2) is 0 Å². The van der Waals surface area contributed by atoms with Gasteiger partial charge >= 0.3 is 0 Å². The second-order valence-electron chi connectivity index (χ2n) is 8.17. The lowest BCUT2D eigenvalue weighted by atomic mass is 9.71. The molecule has 4 heteroatoms. The number of carbonyl (C=O) groups excluding carboxylic acids is 1. The average Bonchev–Trinajstić information content (AvgIpc) is 2.61. The van der Waals surface area contributed by atoms with Crippen molar-refractivity contribution in [2.24, 2.45) is 11.3 Å². The van der Waals surface area contributed by atoms with Gasteiger partial charge in [0.05, 0.1) is 0 Å². The van der Waals surface area contributed by atoms with E-state index in [1.54, 1.807) is 0 Å². The molecule has 140 valence electrons. The fourth-order valence-corrected chi connectivity index (χ4v) is 3.45. The van der Waals surface area contributed by atoms with Crippen molar-refractivity contribution in [2.75, 3.05) is 11.9 Å². The second kappa shape index (κ2) is 8.47. The van der Waals surface area contributed by atoms with Crippen molar-refractivity contribution in [2.45, 2.75) is 46.0 Å². The van der Waals surface area contributed by atoms with Crippen molar-refractivity contribution in [1.29, 1.82) is 0 Å². The zero-order valence-electron chi connectivity index (χ0n) is 16.3. The van der Waals surface area contributed by atoms with Crippen LogP contribution in [0.3, 0.4) is 0 Å². The molecule has 4 nitrogen and oxygen atoms in total.